The van der Waals surface area contributed by atoms with Crippen molar-refractivity contribution in [2.75, 3.05) is 5.32 Å². The average Bonchev–Trinajstić information content (AvgIpc) is 3.52. The molecule has 1 atom stereocenters. The van der Waals surface area contributed by atoms with Crippen LogP contribution in [0.1, 0.15) is 39.1 Å². The SMILES string of the molecule is Cc1cc(NC(=O)C(OC(=O)c2c(C)oc(-n3cccc3)c2C#N)c2ccccc2)no1. The monoisotopic (exact) mass is 430 g/mol. The van der Waals surface area contributed by atoms with Crippen molar-refractivity contribution in [3.8, 4) is 12.0 Å². The molecule has 0 saturated carbocycles. The number of nitriles is 1. The van der Waals surface area contributed by atoms with Gasteiger partial charge in [-0.2, -0.15) is 5.26 Å². The van der Waals surface area contributed by atoms with Gasteiger partial charge in [0, 0.05) is 24.0 Å². The Kier molecular flexibility index (Phi) is 5.59. The Labute approximate surface area is 182 Å². The van der Waals surface area contributed by atoms with Crippen LogP contribution in [0, 0.1) is 25.2 Å². The van der Waals surface area contributed by atoms with Crippen LogP contribution in [-0.2, 0) is 9.53 Å². The zero-order chi connectivity index (χ0) is 22.7. The number of nitrogens with zero attached hydrogens (tertiary/aromatic N) is 3. The van der Waals surface area contributed by atoms with Crippen LogP contribution < -0.4 is 5.32 Å². The van der Waals surface area contributed by atoms with Gasteiger partial charge in [0.2, 0.25) is 12.0 Å². The predicted octanol–water partition coefficient (Wildman–Crippen LogP) is 4.08. The Morgan fingerprint density at radius 2 is 1.88 bits per heavy atom. The lowest BCUT2D eigenvalue weighted by Crippen LogP contribution is -2.26. The van der Waals surface area contributed by atoms with E-state index in [1.165, 1.54) is 0 Å². The number of furan rings is 1. The molecule has 9 nitrogen and oxygen atoms in total. The molecule has 1 N–H and O–H groups in total. The maximum Gasteiger partial charge on any atom is 0.344 e. The molecule has 0 aliphatic carbocycles. The summed E-state index contributed by atoms with van der Waals surface area (Å²) in [5, 5.41) is 16.0. The molecule has 3 heterocycles. The van der Waals surface area contributed by atoms with Gasteiger partial charge in [-0.15, -0.1) is 0 Å². The first-order valence-corrected chi connectivity index (χ1v) is 9.65. The van der Waals surface area contributed by atoms with E-state index in [-0.39, 0.29) is 28.6 Å². The van der Waals surface area contributed by atoms with Gasteiger partial charge in [-0.3, -0.25) is 9.36 Å². The van der Waals surface area contributed by atoms with Crippen molar-refractivity contribution in [1.29, 1.82) is 5.26 Å². The second kappa shape index (κ2) is 8.65. The minimum absolute atomic E-state index is 0.0167. The molecule has 0 saturated heterocycles. The first kappa shape index (κ1) is 20.7. The van der Waals surface area contributed by atoms with Gasteiger partial charge < -0.3 is 19.0 Å². The number of aryl methyl sites for hydroxylation is 2. The summed E-state index contributed by atoms with van der Waals surface area (Å²) >= 11 is 0. The van der Waals surface area contributed by atoms with E-state index in [1.54, 1.807) is 79.3 Å². The van der Waals surface area contributed by atoms with E-state index in [4.69, 9.17) is 13.7 Å². The first-order chi connectivity index (χ1) is 15.5. The number of amides is 1. The summed E-state index contributed by atoms with van der Waals surface area (Å²) in [6.45, 7) is 3.24. The molecule has 0 aliphatic rings. The van der Waals surface area contributed by atoms with Crippen LogP contribution in [0.15, 0.2) is 69.9 Å². The van der Waals surface area contributed by atoms with Crippen LogP contribution >= 0.6 is 0 Å². The molecule has 0 radical (unpaired) electrons. The minimum atomic E-state index is -1.29. The standard InChI is InChI=1S/C23H18N4O5/c1-14-12-18(26-32-14)25-21(28)20(16-8-4-3-5-9-16)31-23(29)19-15(2)30-22(17(19)13-24)27-10-6-7-11-27/h3-12,20H,1-2H3,(H,25,26,28). The summed E-state index contributed by atoms with van der Waals surface area (Å²) < 4.78 is 17.8. The number of hydrogen-bond donors (Lipinski definition) is 1. The predicted molar refractivity (Wildman–Crippen MR) is 112 cm³/mol. The number of anilines is 1. The van der Waals surface area contributed by atoms with E-state index in [9.17, 15) is 14.9 Å². The second-order valence-electron chi connectivity index (χ2n) is 6.92. The smallest absolute Gasteiger partial charge is 0.344 e. The van der Waals surface area contributed by atoms with E-state index < -0.39 is 18.0 Å². The summed E-state index contributed by atoms with van der Waals surface area (Å²) in [5.74, 6) is -0.379. The van der Waals surface area contributed by atoms with Crippen molar-refractivity contribution in [2.45, 2.75) is 20.0 Å². The van der Waals surface area contributed by atoms with Crippen LogP contribution in [0.25, 0.3) is 5.88 Å². The molecule has 160 valence electrons. The molecule has 4 rings (SSSR count). The maximum absolute atomic E-state index is 13.1. The molecular formula is C23H18N4O5. The highest BCUT2D eigenvalue weighted by Gasteiger charge is 2.31. The van der Waals surface area contributed by atoms with Crippen LogP contribution in [0.2, 0.25) is 0 Å². The number of aromatic nitrogens is 2. The second-order valence-corrected chi connectivity index (χ2v) is 6.92. The zero-order valence-corrected chi connectivity index (χ0v) is 17.2. The fraction of sp³-hybridized carbons (Fsp3) is 0.130. The Hall–Kier alpha value is -4.58. The molecule has 0 spiro atoms. The lowest BCUT2D eigenvalue weighted by Gasteiger charge is -2.17. The van der Waals surface area contributed by atoms with Crippen LogP contribution in [-0.4, -0.2) is 21.6 Å². The number of carbonyl (C=O) groups is 2. The van der Waals surface area contributed by atoms with Crippen molar-refractivity contribution in [2.24, 2.45) is 0 Å². The van der Waals surface area contributed by atoms with Crippen molar-refractivity contribution in [3.05, 3.63) is 89.1 Å². The highest BCUT2D eigenvalue weighted by molar-refractivity contribution is 5.99. The molecule has 3 aromatic heterocycles. The Bertz CT molecular complexity index is 1300. The molecular weight excluding hydrogens is 412 g/mol. The topological polar surface area (TPSA) is 123 Å². The number of ether oxygens (including phenoxy) is 1. The fourth-order valence-corrected chi connectivity index (χ4v) is 3.22. The zero-order valence-electron chi connectivity index (χ0n) is 17.2. The lowest BCUT2D eigenvalue weighted by atomic mass is 10.1. The van der Waals surface area contributed by atoms with Gasteiger partial charge in [0.05, 0.1) is 0 Å². The molecule has 1 aromatic carbocycles. The molecule has 4 aromatic rings. The maximum atomic E-state index is 13.1. The lowest BCUT2D eigenvalue weighted by molar-refractivity contribution is -0.125. The number of carbonyl (C=O) groups excluding carboxylic acids is 2. The molecule has 0 bridgehead atoms. The highest BCUT2D eigenvalue weighted by atomic mass is 16.5. The largest absolute Gasteiger partial charge is 0.444 e. The number of nitrogens with one attached hydrogen (secondary N) is 1. The molecule has 0 fully saturated rings. The number of benzene rings is 1. The van der Waals surface area contributed by atoms with Crippen molar-refractivity contribution in [3.63, 3.8) is 0 Å². The van der Waals surface area contributed by atoms with Gasteiger partial charge in [0.25, 0.3) is 5.91 Å². The van der Waals surface area contributed by atoms with Gasteiger partial charge in [0.1, 0.15) is 28.7 Å². The molecule has 1 amide bonds. The Morgan fingerprint density at radius 3 is 2.50 bits per heavy atom. The highest BCUT2D eigenvalue weighted by Crippen LogP contribution is 2.29. The molecule has 32 heavy (non-hydrogen) atoms. The van der Waals surface area contributed by atoms with E-state index in [1.807, 2.05) is 6.07 Å². The van der Waals surface area contributed by atoms with Crippen LogP contribution in [0.3, 0.4) is 0 Å². The van der Waals surface area contributed by atoms with Crippen molar-refractivity contribution in [1.82, 2.24) is 9.72 Å². The first-order valence-electron chi connectivity index (χ1n) is 9.65. The Balaban J connectivity index is 1.66. The van der Waals surface area contributed by atoms with Crippen molar-refractivity contribution >= 4 is 17.7 Å². The van der Waals surface area contributed by atoms with Crippen LogP contribution in [0.4, 0.5) is 5.82 Å². The van der Waals surface area contributed by atoms with Gasteiger partial charge in [-0.25, -0.2) is 4.79 Å². The quantitative estimate of drug-likeness (QED) is 0.457. The van der Waals surface area contributed by atoms with E-state index in [0.29, 0.717) is 11.3 Å². The van der Waals surface area contributed by atoms with E-state index >= 15 is 0 Å². The third-order valence-corrected chi connectivity index (χ3v) is 4.67. The number of esters is 1. The molecule has 1 unspecified atom stereocenters. The third-order valence-electron chi connectivity index (χ3n) is 4.67. The van der Waals surface area contributed by atoms with Gasteiger partial charge in [-0.05, 0) is 26.0 Å². The minimum Gasteiger partial charge on any atom is -0.444 e. The molecule has 0 aliphatic heterocycles. The average molecular weight is 430 g/mol. The normalized spacial score (nSPS) is 11.5. The third kappa shape index (κ3) is 4.02. The number of rotatable bonds is 6. The summed E-state index contributed by atoms with van der Waals surface area (Å²) in [5.41, 5.74) is 0.425. The van der Waals surface area contributed by atoms with Crippen LogP contribution in [0.5, 0.6) is 0 Å². The summed E-state index contributed by atoms with van der Waals surface area (Å²) in [6, 6.07) is 15.6. The van der Waals surface area contributed by atoms with Gasteiger partial charge in [-0.1, -0.05) is 35.5 Å². The number of hydrogen-bond acceptors (Lipinski definition) is 7. The van der Waals surface area contributed by atoms with E-state index in [2.05, 4.69) is 10.5 Å². The Morgan fingerprint density at radius 1 is 1.16 bits per heavy atom. The summed E-state index contributed by atoms with van der Waals surface area (Å²) in [7, 11) is 0. The van der Waals surface area contributed by atoms with Crippen molar-refractivity contribution < 1.29 is 23.3 Å². The van der Waals surface area contributed by atoms with Gasteiger partial charge in [0.15, 0.2) is 5.82 Å². The van der Waals surface area contributed by atoms with Gasteiger partial charge >= 0.3 is 5.97 Å². The van der Waals surface area contributed by atoms with E-state index in [0.717, 1.165) is 0 Å². The molecule has 9 heteroatoms. The summed E-state index contributed by atoms with van der Waals surface area (Å²) in [6.07, 6.45) is 2.08. The summed E-state index contributed by atoms with van der Waals surface area (Å²) in [4.78, 5) is 26.1. The fourth-order valence-electron chi connectivity index (χ4n) is 3.22.